The van der Waals surface area contributed by atoms with Crippen molar-refractivity contribution in [1.82, 2.24) is 0 Å². The first-order valence-electron chi connectivity index (χ1n) is 9.20. The number of allylic oxidation sites excluding steroid dienone is 2. The maximum atomic E-state index is 12.7. The molecular formula is C22H30O3. The summed E-state index contributed by atoms with van der Waals surface area (Å²) >= 11 is 0. The molecule has 1 aromatic carbocycles. The van der Waals surface area contributed by atoms with Crippen LogP contribution in [0.4, 0.5) is 0 Å². The fourth-order valence-electron chi connectivity index (χ4n) is 5.26. The first kappa shape index (κ1) is 18.0. The predicted octanol–water partition coefficient (Wildman–Crippen LogP) is 4.78. The third-order valence-electron chi connectivity index (χ3n) is 6.55. The van der Waals surface area contributed by atoms with Crippen LogP contribution in [0.1, 0.15) is 63.6 Å². The number of rotatable bonds is 3. The van der Waals surface area contributed by atoms with Crippen molar-refractivity contribution in [1.29, 1.82) is 0 Å². The van der Waals surface area contributed by atoms with Crippen LogP contribution in [-0.2, 0) is 21.4 Å². The predicted molar refractivity (Wildman–Crippen MR) is 100 cm³/mol. The monoisotopic (exact) mass is 342 g/mol. The fraction of sp³-hybridized carbons (Fsp3) is 0.591. The zero-order valence-corrected chi connectivity index (χ0v) is 16.5. The molecule has 2 aliphatic rings. The molecule has 0 heterocycles. The summed E-state index contributed by atoms with van der Waals surface area (Å²) in [6.07, 6.45) is 3.69. The normalized spacial score (nSPS) is 27.4. The molecule has 136 valence electrons. The number of ketones is 1. The van der Waals surface area contributed by atoms with Crippen molar-refractivity contribution in [3.05, 3.63) is 40.7 Å². The molecule has 0 saturated heterocycles. The van der Waals surface area contributed by atoms with Crippen LogP contribution in [0.3, 0.4) is 0 Å². The van der Waals surface area contributed by atoms with Crippen LogP contribution in [0, 0.1) is 11.3 Å². The van der Waals surface area contributed by atoms with Gasteiger partial charge in [-0.15, -0.1) is 0 Å². The van der Waals surface area contributed by atoms with Crippen LogP contribution in [0.25, 0.3) is 0 Å². The van der Waals surface area contributed by atoms with Crippen molar-refractivity contribution < 1.29 is 14.3 Å². The van der Waals surface area contributed by atoms with Crippen molar-refractivity contribution in [3.8, 4) is 5.75 Å². The first-order valence-corrected chi connectivity index (χ1v) is 9.20. The second-order valence-electron chi connectivity index (χ2n) is 8.45. The Bertz CT molecular complexity index is 742. The van der Waals surface area contributed by atoms with Crippen molar-refractivity contribution in [2.24, 2.45) is 11.3 Å². The topological polar surface area (TPSA) is 35.5 Å². The van der Waals surface area contributed by atoms with E-state index in [9.17, 15) is 4.79 Å². The zero-order chi connectivity index (χ0) is 18.6. The summed E-state index contributed by atoms with van der Waals surface area (Å²) in [6, 6.07) is 4.27. The minimum Gasteiger partial charge on any atom is -0.500 e. The van der Waals surface area contributed by atoms with Crippen molar-refractivity contribution >= 4 is 5.78 Å². The molecule has 2 unspecified atom stereocenters. The van der Waals surface area contributed by atoms with Gasteiger partial charge < -0.3 is 9.47 Å². The molecule has 0 fully saturated rings. The van der Waals surface area contributed by atoms with Crippen molar-refractivity contribution in [3.63, 3.8) is 0 Å². The maximum absolute atomic E-state index is 12.7. The number of hydrogen-bond acceptors (Lipinski definition) is 3. The molecule has 0 bridgehead atoms. The van der Waals surface area contributed by atoms with E-state index < -0.39 is 0 Å². The molecule has 0 aromatic heterocycles. The molecule has 1 aromatic rings. The Balaban J connectivity index is 2.31. The largest absolute Gasteiger partial charge is 0.500 e. The van der Waals surface area contributed by atoms with E-state index in [1.165, 1.54) is 16.7 Å². The van der Waals surface area contributed by atoms with Gasteiger partial charge in [-0.1, -0.05) is 33.8 Å². The minimum absolute atomic E-state index is 0.174. The number of carbonyl (C=O) groups is 1. The minimum atomic E-state index is -0.383. The van der Waals surface area contributed by atoms with E-state index in [4.69, 9.17) is 9.47 Å². The highest BCUT2D eigenvalue weighted by atomic mass is 16.5. The van der Waals surface area contributed by atoms with Gasteiger partial charge in [-0.05, 0) is 48.8 Å². The van der Waals surface area contributed by atoms with E-state index in [1.54, 1.807) is 20.3 Å². The van der Waals surface area contributed by atoms with E-state index in [1.807, 2.05) is 0 Å². The lowest BCUT2D eigenvalue weighted by Crippen LogP contribution is -2.52. The smallest absolute Gasteiger partial charge is 0.164 e. The lowest BCUT2D eigenvalue weighted by molar-refractivity contribution is -0.129. The Morgan fingerprint density at radius 2 is 1.80 bits per heavy atom. The average Bonchev–Trinajstić information content (AvgIpc) is 2.56. The molecule has 2 atom stereocenters. The van der Waals surface area contributed by atoms with Crippen molar-refractivity contribution in [2.45, 2.75) is 58.8 Å². The van der Waals surface area contributed by atoms with Crippen LogP contribution in [0.2, 0.25) is 0 Å². The van der Waals surface area contributed by atoms with E-state index in [2.05, 4.69) is 46.8 Å². The Hall–Kier alpha value is -1.77. The Morgan fingerprint density at radius 3 is 2.36 bits per heavy atom. The Kier molecular flexibility index (Phi) is 4.25. The fourth-order valence-corrected chi connectivity index (χ4v) is 5.26. The molecule has 0 aliphatic heterocycles. The maximum Gasteiger partial charge on any atom is 0.164 e. The lowest BCUT2D eigenvalue weighted by Gasteiger charge is -2.52. The van der Waals surface area contributed by atoms with Gasteiger partial charge in [0, 0.05) is 17.1 Å². The zero-order valence-electron chi connectivity index (χ0n) is 16.5. The molecule has 2 aliphatic carbocycles. The highest BCUT2D eigenvalue weighted by Crippen LogP contribution is 2.57. The summed E-state index contributed by atoms with van der Waals surface area (Å²) in [5.41, 5.74) is 3.30. The Morgan fingerprint density at radius 1 is 1.12 bits per heavy atom. The number of fused-ring (bicyclic) bond motifs is 3. The van der Waals surface area contributed by atoms with Crippen LogP contribution in [-0.4, -0.2) is 20.0 Å². The second-order valence-corrected chi connectivity index (χ2v) is 8.45. The molecule has 0 saturated carbocycles. The number of ether oxygens (including phenoxy) is 2. The summed E-state index contributed by atoms with van der Waals surface area (Å²) in [5.74, 6) is 2.55. The van der Waals surface area contributed by atoms with Crippen LogP contribution >= 0.6 is 0 Å². The average molecular weight is 342 g/mol. The van der Waals surface area contributed by atoms with E-state index in [0.717, 1.165) is 24.4 Å². The molecule has 3 nitrogen and oxygen atoms in total. The summed E-state index contributed by atoms with van der Waals surface area (Å²) in [6.45, 7) is 10.8. The number of carbonyl (C=O) groups excluding carboxylic acids is 1. The highest BCUT2D eigenvalue weighted by molar-refractivity contribution is 5.97. The number of hydrogen-bond donors (Lipinski definition) is 0. The molecule has 0 radical (unpaired) electrons. The second kappa shape index (κ2) is 5.89. The molecule has 3 rings (SSSR count). The van der Waals surface area contributed by atoms with Gasteiger partial charge >= 0.3 is 0 Å². The van der Waals surface area contributed by atoms with Gasteiger partial charge in [0.25, 0.3) is 0 Å². The summed E-state index contributed by atoms with van der Waals surface area (Å²) < 4.78 is 11.4. The van der Waals surface area contributed by atoms with Gasteiger partial charge in [0.1, 0.15) is 11.5 Å². The molecular weight excluding hydrogens is 312 g/mol. The molecule has 25 heavy (non-hydrogen) atoms. The third-order valence-corrected chi connectivity index (χ3v) is 6.55. The molecule has 0 N–H and O–H groups in total. The van der Waals surface area contributed by atoms with Gasteiger partial charge in [0.05, 0.1) is 19.6 Å². The van der Waals surface area contributed by atoms with Crippen LogP contribution < -0.4 is 4.74 Å². The van der Waals surface area contributed by atoms with Crippen molar-refractivity contribution in [2.75, 3.05) is 14.2 Å². The lowest BCUT2D eigenvalue weighted by atomic mass is 9.51. The van der Waals surface area contributed by atoms with Gasteiger partial charge in [-0.2, -0.15) is 0 Å². The first-order chi connectivity index (χ1) is 11.7. The molecule has 3 heteroatoms. The number of methoxy groups -OCH3 is 2. The summed E-state index contributed by atoms with van der Waals surface area (Å²) in [5, 5.41) is 0. The van der Waals surface area contributed by atoms with Gasteiger partial charge in [0.15, 0.2) is 5.78 Å². The van der Waals surface area contributed by atoms with Crippen LogP contribution in [0.15, 0.2) is 24.0 Å². The summed E-state index contributed by atoms with van der Waals surface area (Å²) in [4.78, 5) is 12.7. The molecule has 0 amide bonds. The van der Waals surface area contributed by atoms with Gasteiger partial charge in [-0.3, -0.25) is 4.79 Å². The standard InChI is InChI=1S/C22H30O3/c1-13(2)20-14-8-11-17-21(3,4)18(23)12-19(25-7)22(17,5)15(14)9-10-16(20)24-6/h9-10,12-13,17H,8,11H2,1-7H3. The third kappa shape index (κ3) is 2.35. The SMILES string of the molecule is COC1=CC(=O)C(C)(C)C2CCc3c(ccc(OC)c3C(C)C)C12C. The quantitative estimate of drug-likeness (QED) is 0.793. The van der Waals surface area contributed by atoms with Crippen LogP contribution in [0.5, 0.6) is 5.75 Å². The van der Waals surface area contributed by atoms with E-state index in [0.29, 0.717) is 5.92 Å². The Labute approximate surface area is 151 Å². The number of benzene rings is 1. The van der Waals surface area contributed by atoms with E-state index >= 15 is 0 Å². The summed E-state index contributed by atoms with van der Waals surface area (Å²) in [7, 11) is 3.42. The van der Waals surface area contributed by atoms with Gasteiger partial charge in [0.2, 0.25) is 0 Å². The van der Waals surface area contributed by atoms with Gasteiger partial charge in [-0.25, -0.2) is 0 Å². The molecule has 0 spiro atoms. The highest BCUT2D eigenvalue weighted by Gasteiger charge is 2.56. The van der Waals surface area contributed by atoms with E-state index in [-0.39, 0.29) is 22.5 Å².